The highest BCUT2D eigenvalue weighted by Crippen LogP contribution is 2.11. The van der Waals surface area contributed by atoms with Crippen molar-refractivity contribution in [1.82, 2.24) is 0 Å². The van der Waals surface area contributed by atoms with Crippen LogP contribution >= 0.6 is 0 Å². The molecule has 0 heterocycles. The van der Waals surface area contributed by atoms with Crippen LogP contribution in [0.15, 0.2) is 146 Å². The minimum absolute atomic E-state index is 0.137. The molecule has 6 nitrogen and oxygen atoms in total. The Labute approximate surface area is 378 Å². The number of carbonyl (C=O) groups excluding carboxylic acids is 3. The van der Waals surface area contributed by atoms with Crippen molar-refractivity contribution in [3.05, 3.63) is 146 Å². The maximum atomic E-state index is 12.7. The first-order valence-corrected chi connectivity index (χ1v) is 24.0. The second-order valence-corrected chi connectivity index (χ2v) is 15.2. The van der Waals surface area contributed by atoms with Crippen molar-refractivity contribution >= 4 is 17.9 Å². The Bertz CT molecular complexity index is 1440. The number of rotatable bonds is 40. The molecule has 0 fully saturated rings. The molecule has 0 saturated carbocycles. The SMILES string of the molecule is CC\C=C/C=C\C=C/C=C\C=C/CCCC(=O)OC(COC(=O)CCCCC\C=C/C=C\C=C/C=C\CC)COC(=O)CCCCCCC\C=C/C=C\C=C/CCCCCCC. The van der Waals surface area contributed by atoms with Crippen molar-refractivity contribution in [2.24, 2.45) is 0 Å². The van der Waals surface area contributed by atoms with Crippen LogP contribution in [0.1, 0.15) is 168 Å². The van der Waals surface area contributed by atoms with E-state index in [1.165, 1.54) is 32.1 Å². The minimum Gasteiger partial charge on any atom is -0.462 e. The number of hydrogen-bond donors (Lipinski definition) is 0. The highest BCUT2D eigenvalue weighted by atomic mass is 16.6. The highest BCUT2D eigenvalue weighted by Gasteiger charge is 2.19. The van der Waals surface area contributed by atoms with Crippen LogP contribution in [0.5, 0.6) is 0 Å². The lowest BCUT2D eigenvalue weighted by atomic mass is 10.1. The number of allylic oxidation sites excluding steroid dienone is 24. The van der Waals surface area contributed by atoms with Gasteiger partial charge in [-0.1, -0.05) is 218 Å². The molecule has 0 radical (unpaired) electrons. The molecule has 1 atom stereocenters. The van der Waals surface area contributed by atoms with Gasteiger partial charge in [0, 0.05) is 19.3 Å². The number of carbonyl (C=O) groups is 3. The number of esters is 3. The normalized spacial score (nSPS) is 13.4. The van der Waals surface area contributed by atoms with Gasteiger partial charge in [0.05, 0.1) is 0 Å². The molecule has 0 aromatic carbocycles. The molecule has 0 aliphatic rings. The zero-order valence-corrected chi connectivity index (χ0v) is 39.1. The summed E-state index contributed by atoms with van der Waals surface area (Å²) in [6.45, 7) is 6.18. The first kappa shape index (κ1) is 57.3. The Balaban J connectivity index is 4.60. The third kappa shape index (κ3) is 46.4. The van der Waals surface area contributed by atoms with E-state index in [0.29, 0.717) is 25.7 Å². The van der Waals surface area contributed by atoms with Crippen molar-refractivity contribution < 1.29 is 28.6 Å². The lowest BCUT2D eigenvalue weighted by Gasteiger charge is -2.18. The predicted molar refractivity (Wildman–Crippen MR) is 265 cm³/mol. The van der Waals surface area contributed by atoms with E-state index in [1.54, 1.807) is 0 Å². The predicted octanol–water partition coefficient (Wildman–Crippen LogP) is 15.7. The molecular weight excluding hydrogens is 769 g/mol. The van der Waals surface area contributed by atoms with Crippen LogP contribution in [0, 0.1) is 0 Å². The van der Waals surface area contributed by atoms with Crippen LogP contribution in [0.2, 0.25) is 0 Å². The highest BCUT2D eigenvalue weighted by molar-refractivity contribution is 5.71. The number of ether oxygens (including phenoxy) is 3. The Morgan fingerprint density at radius 2 is 0.645 bits per heavy atom. The second-order valence-electron chi connectivity index (χ2n) is 15.2. The van der Waals surface area contributed by atoms with Gasteiger partial charge in [-0.3, -0.25) is 14.4 Å². The van der Waals surface area contributed by atoms with Crippen molar-refractivity contribution in [2.75, 3.05) is 13.2 Å². The molecule has 62 heavy (non-hydrogen) atoms. The van der Waals surface area contributed by atoms with E-state index in [9.17, 15) is 14.4 Å². The van der Waals surface area contributed by atoms with Gasteiger partial charge in [0.25, 0.3) is 0 Å². The molecule has 6 heteroatoms. The standard InChI is InChI=1S/C56H84O6/c1-4-7-10-13-16-19-22-25-26-27-28-29-32-34-37-40-43-46-49-55(58)61-52-53(62-56(59)50-47-44-41-38-35-31-24-21-18-15-12-9-6-3)51-60-54(57)48-45-42-39-36-33-30-23-20-17-14-11-8-5-2/h8-9,11-12,14-15,17-18,20-31,33,35,38,41,53H,4-7,10,13,16,19,32,34,36-37,39-40,42-52H2,1-3H3/b11-8-,12-9-,17-14-,18-15-,23-20-,24-21-,25-22-,27-26-,29-28-,33-30-,35-31-,41-38-. The largest absolute Gasteiger partial charge is 0.462 e. The Morgan fingerprint density at radius 3 is 1.05 bits per heavy atom. The summed E-state index contributed by atoms with van der Waals surface area (Å²) in [5.41, 5.74) is 0. The van der Waals surface area contributed by atoms with Crippen molar-refractivity contribution in [3.8, 4) is 0 Å². The van der Waals surface area contributed by atoms with Gasteiger partial charge in [-0.05, 0) is 77.0 Å². The molecule has 0 aromatic heterocycles. The van der Waals surface area contributed by atoms with Crippen molar-refractivity contribution in [3.63, 3.8) is 0 Å². The van der Waals surface area contributed by atoms with Crippen LogP contribution in [0.3, 0.4) is 0 Å². The smallest absolute Gasteiger partial charge is 0.306 e. The average Bonchev–Trinajstić information content (AvgIpc) is 3.27. The van der Waals surface area contributed by atoms with Crippen LogP contribution in [0.25, 0.3) is 0 Å². The molecule has 0 spiro atoms. The second kappa shape index (κ2) is 49.0. The van der Waals surface area contributed by atoms with Crippen LogP contribution in [-0.2, 0) is 28.6 Å². The van der Waals surface area contributed by atoms with Gasteiger partial charge in [0.1, 0.15) is 13.2 Å². The molecule has 0 amide bonds. The lowest BCUT2D eigenvalue weighted by Crippen LogP contribution is -2.30. The van der Waals surface area contributed by atoms with E-state index >= 15 is 0 Å². The fourth-order valence-corrected chi connectivity index (χ4v) is 5.78. The third-order valence-electron chi connectivity index (χ3n) is 9.34. The van der Waals surface area contributed by atoms with Gasteiger partial charge in [-0.15, -0.1) is 0 Å². The Kier molecular flexibility index (Phi) is 45.2. The van der Waals surface area contributed by atoms with Crippen LogP contribution in [-0.4, -0.2) is 37.2 Å². The fourth-order valence-electron chi connectivity index (χ4n) is 5.78. The summed E-state index contributed by atoms with van der Waals surface area (Å²) in [5, 5.41) is 0. The fraction of sp³-hybridized carbons (Fsp3) is 0.518. The topological polar surface area (TPSA) is 78.9 Å². The summed E-state index contributed by atoms with van der Waals surface area (Å²) in [7, 11) is 0. The van der Waals surface area contributed by atoms with Crippen LogP contribution < -0.4 is 0 Å². The van der Waals surface area contributed by atoms with Gasteiger partial charge in [-0.2, -0.15) is 0 Å². The van der Waals surface area contributed by atoms with E-state index in [0.717, 1.165) is 77.0 Å². The van der Waals surface area contributed by atoms with E-state index < -0.39 is 12.1 Å². The van der Waals surface area contributed by atoms with Gasteiger partial charge in [0.15, 0.2) is 6.10 Å². The quantitative estimate of drug-likeness (QED) is 0.0264. The first-order valence-electron chi connectivity index (χ1n) is 24.0. The molecule has 0 rings (SSSR count). The van der Waals surface area contributed by atoms with E-state index in [-0.39, 0.29) is 38.0 Å². The van der Waals surface area contributed by atoms with Gasteiger partial charge in [0.2, 0.25) is 0 Å². The summed E-state index contributed by atoms with van der Waals surface area (Å²) in [5.74, 6) is -1.09. The molecule has 0 aromatic rings. The zero-order valence-electron chi connectivity index (χ0n) is 39.1. The number of hydrogen-bond acceptors (Lipinski definition) is 6. The van der Waals surface area contributed by atoms with Crippen molar-refractivity contribution in [1.29, 1.82) is 0 Å². The van der Waals surface area contributed by atoms with Gasteiger partial charge >= 0.3 is 17.9 Å². The van der Waals surface area contributed by atoms with E-state index in [1.807, 2.05) is 91.1 Å². The lowest BCUT2D eigenvalue weighted by molar-refractivity contribution is -0.167. The summed E-state index contributed by atoms with van der Waals surface area (Å²) >= 11 is 0. The van der Waals surface area contributed by atoms with E-state index in [2.05, 4.69) is 75.5 Å². The molecule has 0 saturated heterocycles. The summed E-state index contributed by atoms with van der Waals surface area (Å²) in [6.07, 6.45) is 69.8. The average molecular weight is 853 g/mol. The molecule has 1 unspecified atom stereocenters. The van der Waals surface area contributed by atoms with Crippen molar-refractivity contribution in [2.45, 2.75) is 175 Å². The maximum absolute atomic E-state index is 12.7. The molecule has 0 N–H and O–H groups in total. The zero-order chi connectivity index (χ0) is 45.1. The Morgan fingerprint density at radius 1 is 0.339 bits per heavy atom. The molecule has 344 valence electrons. The van der Waals surface area contributed by atoms with Gasteiger partial charge in [-0.25, -0.2) is 0 Å². The summed E-state index contributed by atoms with van der Waals surface area (Å²) in [6, 6.07) is 0. The number of unbranched alkanes of at least 4 members (excludes halogenated alkanes) is 14. The molecule has 0 aliphatic heterocycles. The first-order chi connectivity index (χ1) is 30.5. The third-order valence-corrected chi connectivity index (χ3v) is 9.34. The monoisotopic (exact) mass is 853 g/mol. The minimum atomic E-state index is -0.845. The van der Waals surface area contributed by atoms with Crippen LogP contribution in [0.4, 0.5) is 0 Å². The summed E-state index contributed by atoms with van der Waals surface area (Å²) < 4.78 is 16.6. The maximum Gasteiger partial charge on any atom is 0.306 e. The summed E-state index contributed by atoms with van der Waals surface area (Å²) in [4.78, 5) is 37.8. The Hall–Kier alpha value is -4.71. The molecule has 0 aliphatic carbocycles. The molecular formula is C56H84O6. The molecule has 0 bridgehead atoms. The van der Waals surface area contributed by atoms with Gasteiger partial charge < -0.3 is 14.2 Å². The van der Waals surface area contributed by atoms with E-state index in [4.69, 9.17) is 14.2 Å².